The monoisotopic (exact) mass is 269 g/mol. The molecule has 0 bridgehead atoms. The average Bonchev–Trinajstić information content (AvgIpc) is 2.99. The van der Waals surface area contributed by atoms with Crippen molar-refractivity contribution in [1.82, 2.24) is 9.78 Å². The van der Waals surface area contributed by atoms with Crippen LogP contribution in [0, 0.1) is 0 Å². The van der Waals surface area contributed by atoms with Gasteiger partial charge in [-0.1, -0.05) is 32.0 Å². The van der Waals surface area contributed by atoms with Gasteiger partial charge in [0.25, 0.3) is 0 Å². The highest BCUT2D eigenvalue weighted by molar-refractivity contribution is 5.74. The number of nitrogens with zero attached hydrogens (tertiary/aromatic N) is 2. The number of aryl methyl sites for hydroxylation is 2. The van der Waals surface area contributed by atoms with E-state index in [1.54, 1.807) is 0 Å². The molecule has 0 amide bonds. The van der Waals surface area contributed by atoms with Gasteiger partial charge in [0.1, 0.15) is 0 Å². The van der Waals surface area contributed by atoms with E-state index in [2.05, 4.69) is 39.1 Å². The zero-order valence-corrected chi connectivity index (χ0v) is 12.6. The third kappa shape index (κ3) is 1.88. The minimum absolute atomic E-state index is 0.205. The van der Waals surface area contributed by atoms with E-state index in [4.69, 9.17) is 10.8 Å². The quantitative estimate of drug-likeness (QED) is 0.930. The van der Waals surface area contributed by atoms with Gasteiger partial charge in [-0.2, -0.15) is 5.10 Å². The van der Waals surface area contributed by atoms with Crippen LogP contribution in [0.2, 0.25) is 0 Å². The maximum Gasteiger partial charge on any atom is 0.0703 e. The average molecular weight is 269 g/mol. The predicted octanol–water partition coefficient (Wildman–Crippen LogP) is 3.16. The molecule has 0 radical (unpaired) electrons. The largest absolute Gasteiger partial charge is 0.324 e. The number of nitrogens with two attached hydrogens (primary N) is 1. The molecule has 1 aromatic carbocycles. The Labute approximate surface area is 120 Å². The van der Waals surface area contributed by atoms with Crippen molar-refractivity contribution in [3.8, 4) is 11.1 Å². The van der Waals surface area contributed by atoms with Crippen LogP contribution in [-0.2, 0) is 26.3 Å². The van der Waals surface area contributed by atoms with Crippen molar-refractivity contribution in [1.29, 1.82) is 0 Å². The summed E-state index contributed by atoms with van der Waals surface area (Å²) < 4.78 is 2.04. The number of fused-ring (bicyclic) bond motifs is 1. The summed E-state index contributed by atoms with van der Waals surface area (Å²) in [4.78, 5) is 0. The molecule has 20 heavy (non-hydrogen) atoms. The molecular formula is C17H23N3. The van der Waals surface area contributed by atoms with Crippen molar-refractivity contribution in [3.05, 3.63) is 40.7 Å². The van der Waals surface area contributed by atoms with E-state index >= 15 is 0 Å². The van der Waals surface area contributed by atoms with Crippen LogP contribution in [0.15, 0.2) is 18.2 Å². The topological polar surface area (TPSA) is 43.8 Å². The summed E-state index contributed by atoms with van der Waals surface area (Å²) in [5.41, 5.74) is 14.2. The SMILES string of the molecule is CCc1nn(C)c(CC)c1-c1cccc2c1CCC2N. The van der Waals surface area contributed by atoms with Crippen molar-refractivity contribution >= 4 is 0 Å². The van der Waals surface area contributed by atoms with Crippen molar-refractivity contribution in [2.45, 2.75) is 45.6 Å². The molecular weight excluding hydrogens is 246 g/mol. The number of hydrogen-bond acceptors (Lipinski definition) is 2. The van der Waals surface area contributed by atoms with Crippen LogP contribution in [0.3, 0.4) is 0 Å². The molecule has 1 unspecified atom stereocenters. The maximum atomic E-state index is 6.22. The Balaban J connectivity index is 2.25. The van der Waals surface area contributed by atoms with E-state index in [0.717, 1.165) is 25.7 Å². The van der Waals surface area contributed by atoms with Crippen LogP contribution in [0.25, 0.3) is 11.1 Å². The number of aromatic nitrogens is 2. The van der Waals surface area contributed by atoms with Crippen LogP contribution < -0.4 is 5.73 Å². The molecule has 3 heteroatoms. The first-order valence-corrected chi connectivity index (χ1v) is 7.59. The molecule has 1 aliphatic carbocycles. The van der Waals surface area contributed by atoms with Gasteiger partial charge in [-0.05, 0) is 42.4 Å². The Morgan fingerprint density at radius 1 is 1.30 bits per heavy atom. The Hall–Kier alpha value is -1.61. The molecule has 2 aromatic rings. The van der Waals surface area contributed by atoms with Crippen LogP contribution in [0.4, 0.5) is 0 Å². The summed E-state index contributed by atoms with van der Waals surface area (Å²) in [5.74, 6) is 0. The minimum atomic E-state index is 0.205. The number of hydrogen-bond donors (Lipinski definition) is 1. The van der Waals surface area contributed by atoms with Crippen molar-refractivity contribution in [2.24, 2.45) is 12.8 Å². The first-order chi connectivity index (χ1) is 9.67. The second-order valence-electron chi connectivity index (χ2n) is 5.62. The normalized spacial score (nSPS) is 17.5. The lowest BCUT2D eigenvalue weighted by Gasteiger charge is -2.12. The zero-order chi connectivity index (χ0) is 14.3. The van der Waals surface area contributed by atoms with E-state index in [-0.39, 0.29) is 6.04 Å². The molecule has 0 fully saturated rings. The summed E-state index contributed by atoms with van der Waals surface area (Å²) in [6, 6.07) is 6.78. The van der Waals surface area contributed by atoms with Gasteiger partial charge < -0.3 is 5.73 Å². The van der Waals surface area contributed by atoms with Crippen molar-refractivity contribution < 1.29 is 0 Å². The first kappa shape index (κ1) is 13.4. The van der Waals surface area contributed by atoms with E-state index in [1.165, 1.54) is 33.6 Å². The number of benzene rings is 1. The molecule has 0 aliphatic heterocycles. The van der Waals surface area contributed by atoms with Gasteiger partial charge in [-0.25, -0.2) is 0 Å². The van der Waals surface area contributed by atoms with Gasteiger partial charge in [0.15, 0.2) is 0 Å². The zero-order valence-electron chi connectivity index (χ0n) is 12.6. The summed E-state index contributed by atoms with van der Waals surface area (Å²) in [6.45, 7) is 4.38. The highest BCUT2D eigenvalue weighted by Gasteiger charge is 2.25. The molecule has 0 saturated carbocycles. The summed E-state index contributed by atoms with van der Waals surface area (Å²) in [5, 5.41) is 4.71. The van der Waals surface area contributed by atoms with Crippen LogP contribution in [0.5, 0.6) is 0 Å². The van der Waals surface area contributed by atoms with Gasteiger partial charge in [0.2, 0.25) is 0 Å². The fraction of sp³-hybridized carbons (Fsp3) is 0.471. The highest BCUT2D eigenvalue weighted by Crippen LogP contribution is 2.39. The molecule has 0 saturated heterocycles. The van der Waals surface area contributed by atoms with Gasteiger partial charge >= 0.3 is 0 Å². The van der Waals surface area contributed by atoms with Crippen LogP contribution in [-0.4, -0.2) is 9.78 Å². The second-order valence-corrected chi connectivity index (χ2v) is 5.62. The van der Waals surface area contributed by atoms with Crippen molar-refractivity contribution in [2.75, 3.05) is 0 Å². The summed E-state index contributed by atoms with van der Waals surface area (Å²) in [6.07, 6.45) is 4.14. The molecule has 3 rings (SSSR count). The molecule has 0 spiro atoms. The van der Waals surface area contributed by atoms with E-state index in [9.17, 15) is 0 Å². The van der Waals surface area contributed by atoms with Gasteiger partial charge in [0.05, 0.1) is 5.69 Å². The lowest BCUT2D eigenvalue weighted by atomic mass is 9.93. The molecule has 3 nitrogen and oxygen atoms in total. The third-order valence-corrected chi connectivity index (χ3v) is 4.49. The summed E-state index contributed by atoms with van der Waals surface area (Å²) in [7, 11) is 2.05. The smallest absolute Gasteiger partial charge is 0.0703 e. The van der Waals surface area contributed by atoms with Gasteiger partial charge in [-0.3, -0.25) is 4.68 Å². The number of rotatable bonds is 3. The second kappa shape index (κ2) is 5.06. The maximum absolute atomic E-state index is 6.22. The molecule has 1 heterocycles. The van der Waals surface area contributed by atoms with Crippen molar-refractivity contribution in [3.63, 3.8) is 0 Å². The Bertz CT molecular complexity index is 640. The summed E-state index contributed by atoms with van der Waals surface area (Å²) >= 11 is 0. The van der Waals surface area contributed by atoms with Crippen LogP contribution >= 0.6 is 0 Å². The van der Waals surface area contributed by atoms with E-state index in [1.807, 2.05) is 4.68 Å². The fourth-order valence-corrected chi connectivity index (χ4v) is 3.50. The van der Waals surface area contributed by atoms with Gasteiger partial charge in [-0.15, -0.1) is 0 Å². The minimum Gasteiger partial charge on any atom is -0.324 e. The van der Waals surface area contributed by atoms with E-state index < -0.39 is 0 Å². The Kier molecular flexibility index (Phi) is 3.38. The van der Waals surface area contributed by atoms with Crippen LogP contribution in [0.1, 0.15) is 48.8 Å². The first-order valence-electron chi connectivity index (χ1n) is 7.59. The Morgan fingerprint density at radius 3 is 2.80 bits per heavy atom. The van der Waals surface area contributed by atoms with E-state index in [0.29, 0.717) is 0 Å². The predicted molar refractivity (Wildman–Crippen MR) is 82.6 cm³/mol. The molecule has 1 aliphatic rings. The molecule has 1 atom stereocenters. The van der Waals surface area contributed by atoms with Gasteiger partial charge in [0, 0.05) is 24.3 Å². The lowest BCUT2D eigenvalue weighted by molar-refractivity contribution is 0.705. The highest BCUT2D eigenvalue weighted by atomic mass is 15.3. The molecule has 106 valence electrons. The molecule has 2 N–H and O–H groups in total. The standard InChI is InChI=1S/C17H23N3/c1-4-15-17(16(5-2)20(3)19-15)13-8-6-7-12-11(13)9-10-14(12)18/h6-8,14H,4-5,9-10,18H2,1-3H3. The third-order valence-electron chi connectivity index (χ3n) is 4.49. The molecule has 1 aromatic heterocycles. The fourth-order valence-electron chi connectivity index (χ4n) is 3.50. The lowest BCUT2D eigenvalue weighted by Crippen LogP contribution is -2.05. The Morgan fingerprint density at radius 2 is 2.10 bits per heavy atom.